The Labute approximate surface area is 122 Å². The van der Waals surface area contributed by atoms with Crippen molar-refractivity contribution in [3.63, 3.8) is 0 Å². The van der Waals surface area contributed by atoms with Gasteiger partial charge in [0.1, 0.15) is 5.82 Å². The van der Waals surface area contributed by atoms with Gasteiger partial charge in [0.05, 0.1) is 5.02 Å². The van der Waals surface area contributed by atoms with Crippen molar-refractivity contribution in [2.24, 2.45) is 0 Å². The van der Waals surface area contributed by atoms with E-state index in [1.54, 1.807) is 23.5 Å². The number of rotatable bonds is 6. The maximum Gasteiger partial charge on any atom is 0.141 e. The Morgan fingerprint density at radius 3 is 2.84 bits per heavy atom. The van der Waals surface area contributed by atoms with Gasteiger partial charge in [0.2, 0.25) is 0 Å². The molecular weight excluding hydrogens is 281 g/mol. The second-order valence-electron chi connectivity index (χ2n) is 4.52. The van der Waals surface area contributed by atoms with E-state index in [9.17, 15) is 4.39 Å². The van der Waals surface area contributed by atoms with Crippen LogP contribution in [0.25, 0.3) is 0 Å². The molecule has 0 spiro atoms. The molecule has 0 saturated heterocycles. The van der Waals surface area contributed by atoms with Crippen molar-refractivity contribution in [1.29, 1.82) is 0 Å². The lowest BCUT2D eigenvalue weighted by Gasteiger charge is -2.18. The van der Waals surface area contributed by atoms with Crippen LogP contribution in [0.3, 0.4) is 0 Å². The average Bonchev–Trinajstić information content (AvgIpc) is 2.92. The Bertz CT molecular complexity index is 513. The lowest BCUT2D eigenvalue weighted by Crippen LogP contribution is -2.23. The standard InChI is InChI=1S/C15H17ClFNS/c1-2-6-18-15(12-5-7-19-10-12)9-11-3-4-14(17)13(16)8-11/h3-5,7-8,10,15,18H,2,6,9H2,1H3. The van der Waals surface area contributed by atoms with Crippen LogP contribution in [0.2, 0.25) is 5.02 Å². The van der Waals surface area contributed by atoms with Gasteiger partial charge in [-0.2, -0.15) is 11.3 Å². The normalized spacial score (nSPS) is 12.6. The van der Waals surface area contributed by atoms with Crippen LogP contribution in [0.5, 0.6) is 0 Å². The van der Waals surface area contributed by atoms with Crippen LogP contribution in [0, 0.1) is 5.82 Å². The van der Waals surface area contributed by atoms with E-state index in [2.05, 4.69) is 29.1 Å². The largest absolute Gasteiger partial charge is 0.310 e. The lowest BCUT2D eigenvalue weighted by atomic mass is 10.0. The van der Waals surface area contributed by atoms with Crippen LogP contribution in [0.1, 0.15) is 30.5 Å². The van der Waals surface area contributed by atoms with Gasteiger partial charge in [-0.3, -0.25) is 0 Å². The number of benzene rings is 1. The molecule has 0 aliphatic carbocycles. The number of halogens is 2. The van der Waals surface area contributed by atoms with Gasteiger partial charge >= 0.3 is 0 Å². The summed E-state index contributed by atoms with van der Waals surface area (Å²) in [7, 11) is 0. The molecule has 4 heteroatoms. The molecule has 1 atom stereocenters. The van der Waals surface area contributed by atoms with Gasteiger partial charge in [0, 0.05) is 6.04 Å². The zero-order chi connectivity index (χ0) is 13.7. The molecule has 1 nitrogen and oxygen atoms in total. The fourth-order valence-corrected chi connectivity index (χ4v) is 2.92. The SMILES string of the molecule is CCCNC(Cc1ccc(F)c(Cl)c1)c1ccsc1. The van der Waals surface area contributed by atoms with Crippen molar-refractivity contribution in [3.05, 3.63) is 57.0 Å². The number of nitrogens with one attached hydrogen (secondary N) is 1. The second-order valence-corrected chi connectivity index (χ2v) is 5.70. The third-order valence-corrected chi connectivity index (χ3v) is 4.00. The average molecular weight is 298 g/mol. The summed E-state index contributed by atoms with van der Waals surface area (Å²) in [5.41, 5.74) is 2.32. The highest BCUT2D eigenvalue weighted by atomic mass is 35.5. The van der Waals surface area contributed by atoms with Crippen molar-refractivity contribution >= 4 is 22.9 Å². The van der Waals surface area contributed by atoms with Gasteiger partial charge in [-0.05, 0) is 59.5 Å². The van der Waals surface area contributed by atoms with Crippen LogP contribution >= 0.6 is 22.9 Å². The van der Waals surface area contributed by atoms with Gasteiger partial charge in [-0.15, -0.1) is 0 Å². The molecule has 0 saturated carbocycles. The van der Waals surface area contributed by atoms with Crippen LogP contribution in [-0.4, -0.2) is 6.54 Å². The topological polar surface area (TPSA) is 12.0 Å². The first-order chi connectivity index (χ1) is 9.20. The fraction of sp³-hybridized carbons (Fsp3) is 0.333. The molecule has 19 heavy (non-hydrogen) atoms. The molecule has 1 N–H and O–H groups in total. The van der Waals surface area contributed by atoms with E-state index in [0.717, 1.165) is 24.9 Å². The monoisotopic (exact) mass is 297 g/mol. The molecule has 0 radical (unpaired) electrons. The minimum atomic E-state index is -0.362. The quantitative estimate of drug-likeness (QED) is 0.806. The predicted octanol–water partition coefficient (Wildman–Crippen LogP) is 4.82. The van der Waals surface area contributed by atoms with Crippen LogP contribution < -0.4 is 5.32 Å². The van der Waals surface area contributed by atoms with Crippen LogP contribution in [0.4, 0.5) is 4.39 Å². The zero-order valence-corrected chi connectivity index (χ0v) is 12.4. The Morgan fingerprint density at radius 2 is 2.21 bits per heavy atom. The van der Waals surface area contributed by atoms with E-state index in [0.29, 0.717) is 0 Å². The van der Waals surface area contributed by atoms with Crippen molar-refractivity contribution in [1.82, 2.24) is 5.32 Å². The van der Waals surface area contributed by atoms with Crippen molar-refractivity contribution in [2.75, 3.05) is 6.54 Å². The lowest BCUT2D eigenvalue weighted by molar-refractivity contribution is 0.530. The van der Waals surface area contributed by atoms with Gasteiger partial charge in [0.15, 0.2) is 0 Å². The van der Waals surface area contributed by atoms with Crippen molar-refractivity contribution in [2.45, 2.75) is 25.8 Å². The molecule has 1 unspecified atom stereocenters. The molecule has 0 amide bonds. The summed E-state index contributed by atoms with van der Waals surface area (Å²) in [4.78, 5) is 0. The minimum Gasteiger partial charge on any atom is -0.310 e. The number of hydrogen-bond donors (Lipinski definition) is 1. The van der Waals surface area contributed by atoms with Gasteiger partial charge in [0.25, 0.3) is 0 Å². The molecule has 1 heterocycles. The highest BCUT2D eigenvalue weighted by Gasteiger charge is 2.12. The second kappa shape index (κ2) is 7.04. The first-order valence-electron chi connectivity index (χ1n) is 6.40. The van der Waals surface area contributed by atoms with E-state index in [1.807, 2.05) is 0 Å². The molecule has 1 aromatic carbocycles. The minimum absolute atomic E-state index is 0.192. The van der Waals surface area contributed by atoms with Gasteiger partial charge < -0.3 is 5.32 Å². The molecule has 102 valence electrons. The summed E-state index contributed by atoms with van der Waals surface area (Å²) < 4.78 is 13.2. The van der Waals surface area contributed by atoms with E-state index in [1.165, 1.54) is 11.6 Å². The number of thiophene rings is 1. The summed E-state index contributed by atoms with van der Waals surface area (Å²) in [5, 5.41) is 7.94. The maximum absolute atomic E-state index is 13.2. The predicted molar refractivity (Wildman–Crippen MR) is 80.5 cm³/mol. The summed E-state index contributed by atoms with van der Waals surface area (Å²) in [6.07, 6.45) is 1.90. The molecule has 1 aromatic heterocycles. The summed E-state index contributed by atoms with van der Waals surface area (Å²) in [6, 6.07) is 7.33. The Kier molecular flexibility index (Phi) is 5.37. The van der Waals surface area contributed by atoms with Crippen LogP contribution in [-0.2, 0) is 6.42 Å². The smallest absolute Gasteiger partial charge is 0.141 e. The summed E-state index contributed by atoms with van der Waals surface area (Å²) in [6.45, 7) is 3.11. The van der Waals surface area contributed by atoms with Crippen molar-refractivity contribution < 1.29 is 4.39 Å². The summed E-state index contributed by atoms with van der Waals surface area (Å²) >= 11 is 7.52. The fourth-order valence-electron chi connectivity index (χ4n) is 2.00. The zero-order valence-electron chi connectivity index (χ0n) is 10.8. The van der Waals surface area contributed by atoms with Crippen molar-refractivity contribution in [3.8, 4) is 0 Å². The van der Waals surface area contributed by atoms with E-state index in [4.69, 9.17) is 11.6 Å². The van der Waals surface area contributed by atoms with E-state index in [-0.39, 0.29) is 16.9 Å². The van der Waals surface area contributed by atoms with Gasteiger partial charge in [-0.1, -0.05) is 24.6 Å². The molecule has 0 bridgehead atoms. The highest BCUT2D eigenvalue weighted by molar-refractivity contribution is 7.07. The molecule has 2 aromatic rings. The molecule has 0 fully saturated rings. The van der Waals surface area contributed by atoms with E-state index < -0.39 is 0 Å². The molecule has 2 rings (SSSR count). The maximum atomic E-state index is 13.2. The first kappa shape index (κ1) is 14.5. The number of hydrogen-bond acceptors (Lipinski definition) is 2. The third kappa shape index (κ3) is 4.03. The third-order valence-electron chi connectivity index (χ3n) is 3.01. The molecular formula is C15H17ClFNS. The molecule has 0 aliphatic rings. The Hall–Kier alpha value is -0.900. The summed E-state index contributed by atoms with van der Waals surface area (Å²) in [5.74, 6) is -0.362. The van der Waals surface area contributed by atoms with Crippen LogP contribution in [0.15, 0.2) is 35.0 Å². The first-order valence-corrected chi connectivity index (χ1v) is 7.72. The Morgan fingerprint density at radius 1 is 1.37 bits per heavy atom. The highest BCUT2D eigenvalue weighted by Crippen LogP contribution is 2.23. The Balaban J connectivity index is 2.13. The van der Waals surface area contributed by atoms with E-state index >= 15 is 0 Å². The molecule has 0 aliphatic heterocycles. The van der Waals surface area contributed by atoms with Gasteiger partial charge in [-0.25, -0.2) is 4.39 Å².